The second kappa shape index (κ2) is 6.08. The first kappa shape index (κ1) is 12.5. The van der Waals surface area contributed by atoms with Crippen LogP contribution < -0.4 is 5.32 Å². The van der Waals surface area contributed by atoms with Crippen LogP contribution in [0.3, 0.4) is 0 Å². The number of rotatable bonds is 3. The Morgan fingerprint density at radius 1 is 1.50 bits per heavy atom. The molecule has 0 spiro atoms. The molecule has 1 fully saturated rings. The molecule has 0 aromatic heterocycles. The minimum atomic E-state index is 0.820. The Morgan fingerprint density at radius 2 is 2.38 bits per heavy atom. The van der Waals surface area contributed by atoms with E-state index in [2.05, 4.69) is 45.7 Å². The molecule has 3 heteroatoms. The van der Waals surface area contributed by atoms with Crippen LogP contribution in [-0.2, 0) is 6.42 Å². The van der Waals surface area contributed by atoms with Gasteiger partial charge in [-0.3, -0.25) is 0 Å². The highest BCUT2D eigenvalue weighted by atomic mass is 79.9. The second-order valence-corrected chi connectivity index (χ2v) is 6.09. The Labute approximate surface area is 111 Å². The van der Waals surface area contributed by atoms with Crippen molar-refractivity contribution in [3.63, 3.8) is 0 Å². The molecule has 1 atom stereocenters. The molecule has 1 heterocycles. The van der Waals surface area contributed by atoms with E-state index in [0.717, 1.165) is 5.92 Å². The van der Waals surface area contributed by atoms with Gasteiger partial charge in [-0.1, -0.05) is 6.07 Å². The van der Waals surface area contributed by atoms with Gasteiger partial charge in [0.05, 0.1) is 0 Å². The van der Waals surface area contributed by atoms with Crippen LogP contribution in [0, 0.1) is 5.92 Å². The van der Waals surface area contributed by atoms with Crippen LogP contribution in [0.1, 0.15) is 18.4 Å². The largest absolute Gasteiger partial charge is 0.316 e. The Bertz CT molecular complexity index is 348. The van der Waals surface area contributed by atoms with E-state index in [1.807, 2.05) is 0 Å². The molecule has 1 aliphatic heterocycles. The average Bonchev–Trinajstić information content (AvgIpc) is 2.31. The molecule has 1 saturated heterocycles. The molecular formula is C13H18BrNS. The molecule has 1 N–H and O–H groups in total. The molecule has 0 amide bonds. The lowest BCUT2D eigenvalue weighted by molar-refractivity contribution is 0.376. The predicted octanol–water partition coefficient (Wildman–Crippen LogP) is 3.71. The maximum atomic E-state index is 3.64. The number of piperidine rings is 1. The number of hydrogen-bond acceptors (Lipinski definition) is 2. The van der Waals surface area contributed by atoms with Crippen molar-refractivity contribution in [1.29, 1.82) is 0 Å². The van der Waals surface area contributed by atoms with Gasteiger partial charge in [-0.2, -0.15) is 0 Å². The van der Waals surface area contributed by atoms with Gasteiger partial charge in [-0.15, -0.1) is 11.8 Å². The number of nitrogens with one attached hydrogen (secondary N) is 1. The van der Waals surface area contributed by atoms with E-state index in [9.17, 15) is 0 Å². The highest BCUT2D eigenvalue weighted by Gasteiger charge is 2.13. The fraction of sp³-hybridized carbons (Fsp3) is 0.538. The van der Waals surface area contributed by atoms with Crippen molar-refractivity contribution in [2.24, 2.45) is 5.92 Å². The van der Waals surface area contributed by atoms with E-state index in [1.54, 1.807) is 11.8 Å². The van der Waals surface area contributed by atoms with Crippen LogP contribution in [0.15, 0.2) is 27.6 Å². The summed E-state index contributed by atoms with van der Waals surface area (Å²) in [5.74, 6) is 0.820. The van der Waals surface area contributed by atoms with Gasteiger partial charge in [0, 0.05) is 9.37 Å². The van der Waals surface area contributed by atoms with E-state index >= 15 is 0 Å². The fourth-order valence-electron chi connectivity index (χ4n) is 2.27. The summed E-state index contributed by atoms with van der Waals surface area (Å²) in [6.07, 6.45) is 6.02. The number of hydrogen-bond donors (Lipinski definition) is 1. The zero-order chi connectivity index (χ0) is 11.4. The maximum absolute atomic E-state index is 3.64. The quantitative estimate of drug-likeness (QED) is 0.854. The van der Waals surface area contributed by atoms with Crippen molar-refractivity contribution in [3.8, 4) is 0 Å². The van der Waals surface area contributed by atoms with Crippen molar-refractivity contribution in [2.75, 3.05) is 19.3 Å². The van der Waals surface area contributed by atoms with Gasteiger partial charge in [0.1, 0.15) is 0 Å². The standard InChI is InChI=1S/C13H18BrNS/c1-16-13-5-4-10(8-12(13)14)7-11-3-2-6-15-9-11/h4-5,8,11,15H,2-3,6-7,9H2,1H3. The van der Waals surface area contributed by atoms with Crippen LogP contribution in [-0.4, -0.2) is 19.3 Å². The Kier molecular flexibility index (Phi) is 4.74. The predicted molar refractivity (Wildman–Crippen MR) is 75.2 cm³/mol. The van der Waals surface area contributed by atoms with E-state index in [1.165, 1.54) is 47.3 Å². The first-order chi connectivity index (χ1) is 7.79. The lowest BCUT2D eigenvalue weighted by Gasteiger charge is -2.22. The number of benzene rings is 1. The van der Waals surface area contributed by atoms with Crippen molar-refractivity contribution in [1.82, 2.24) is 5.32 Å². The smallest absolute Gasteiger partial charge is 0.0313 e. The first-order valence-electron chi connectivity index (χ1n) is 5.82. The van der Waals surface area contributed by atoms with Crippen LogP contribution in [0.2, 0.25) is 0 Å². The zero-order valence-electron chi connectivity index (χ0n) is 9.63. The molecule has 2 rings (SSSR count). The van der Waals surface area contributed by atoms with Gasteiger partial charge < -0.3 is 5.32 Å². The maximum Gasteiger partial charge on any atom is 0.0313 e. The van der Waals surface area contributed by atoms with Gasteiger partial charge in [-0.25, -0.2) is 0 Å². The van der Waals surface area contributed by atoms with Crippen LogP contribution in [0.4, 0.5) is 0 Å². The average molecular weight is 300 g/mol. The summed E-state index contributed by atoms with van der Waals surface area (Å²) < 4.78 is 1.24. The van der Waals surface area contributed by atoms with E-state index in [4.69, 9.17) is 0 Å². The Balaban J connectivity index is 2.01. The summed E-state index contributed by atoms with van der Waals surface area (Å²) in [5, 5.41) is 3.48. The summed E-state index contributed by atoms with van der Waals surface area (Å²) >= 11 is 5.43. The SMILES string of the molecule is CSc1ccc(CC2CCCNC2)cc1Br. The van der Waals surface area contributed by atoms with E-state index in [-0.39, 0.29) is 0 Å². The van der Waals surface area contributed by atoms with E-state index in [0.29, 0.717) is 0 Å². The van der Waals surface area contributed by atoms with Gasteiger partial charge >= 0.3 is 0 Å². The zero-order valence-corrected chi connectivity index (χ0v) is 12.0. The summed E-state index contributed by atoms with van der Waals surface area (Å²) in [6.45, 7) is 2.38. The van der Waals surface area contributed by atoms with Crippen LogP contribution in [0.25, 0.3) is 0 Å². The summed E-state index contributed by atoms with van der Waals surface area (Å²) in [4.78, 5) is 1.32. The molecule has 1 aromatic carbocycles. The van der Waals surface area contributed by atoms with E-state index < -0.39 is 0 Å². The van der Waals surface area contributed by atoms with Crippen LogP contribution >= 0.6 is 27.7 Å². The molecule has 1 unspecified atom stereocenters. The van der Waals surface area contributed by atoms with Crippen molar-refractivity contribution < 1.29 is 0 Å². The number of halogens is 1. The molecular weight excluding hydrogens is 282 g/mol. The lowest BCUT2D eigenvalue weighted by atomic mass is 9.92. The topological polar surface area (TPSA) is 12.0 Å². The molecule has 88 valence electrons. The molecule has 1 aromatic rings. The lowest BCUT2D eigenvalue weighted by Crippen LogP contribution is -2.30. The number of thioether (sulfide) groups is 1. The highest BCUT2D eigenvalue weighted by molar-refractivity contribution is 9.10. The molecule has 0 aliphatic carbocycles. The minimum absolute atomic E-state index is 0.820. The molecule has 1 aliphatic rings. The van der Waals surface area contributed by atoms with Gasteiger partial charge in [0.2, 0.25) is 0 Å². The summed E-state index contributed by atoms with van der Waals surface area (Å²) in [7, 11) is 0. The van der Waals surface area contributed by atoms with Crippen LogP contribution in [0.5, 0.6) is 0 Å². The summed E-state index contributed by atoms with van der Waals surface area (Å²) in [5.41, 5.74) is 1.46. The van der Waals surface area contributed by atoms with Crippen molar-refractivity contribution >= 4 is 27.7 Å². The molecule has 0 bridgehead atoms. The van der Waals surface area contributed by atoms with Gasteiger partial charge in [0.15, 0.2) is 0 Å². The monoisotopic (exact) mass is 299 g/mol. The summed E-state index contributed by atoms with van der Waals surface area (Å²) in [6, 6.07) is 6.77. The molecule has 0 saturated carbocycles. The third-order valence-electron chi connectivity index (χ3n) is 3.14. The Morgan fingerprint density at radius 3 is 3.00 bits per heavy atom. The minimum Gasteiger partial charge on any atom is -0.316 e. The molecule has 0 radical (unpaired) electrons. The third-order valence-corrected chi connectivity index (χ3v) is 4.85. The fourth-order valence-corrected chi connectivity index (χ4v) is 3.64. The molecule has 16 heavy (non-hydrogen) atoms. The second-order valence-electron chi connectivity index (χ2n) is 4.39. The van der Waals surface area contributed by atoms with Gasteiger partial charge in [-0.05, 0) is 78.2 Å². The van der Waals surface area contributed by atoms with Gasteiger partial charge in [0.25, 0.3) is 0 Å². The highest BCUT2D eigenvalue weighted by Crippen LogP contribution is 2.28. The third kappa shape index (κ3) is 3.25. The first-order valence-corrected chi connectivity index (χ1v) is 7.84. The van der Waals surface area contributed by atoms with Crippen molar-refractivity contribution in [2.45, 2.75) is 24.2 Å². The Hall–Kier alpha value is 0.01000. The normalized spacial score (nSPS) is 21.0. The molecule has 1 nitrogen and oxygen atoms in total. The van der Waals surface area contributed by atoms with Crippen molar-refractivity contribution in [3.05, 3.63) is 28.2 Å².